The number of carbonyl (C=O) groups is 2. The molecular formula is C15H9N3O4. The van der Waals surface area contributed by atoms with Gasteiger partial charge in [-0.25, -0.2) is 0 Å². The molecule has 22 heavy (non-hydrogen) atoms. The van der Waals surface area contributed by atoms with Crippen molar-refractivity contribution >= 4 is 28.6 Å². The standard InChI is InChI=1S/C15H9N3O4/c19-14(9-2-1-5-16-8-9)7-12-11-6-10(18(21)22)3-4-13(11)17-15(12)20/h1-8H,(H,17,20)/b12-7+. The van der Waals surface area contributed by atoms with Gasteiger partial charge in [-0.1, -0.05) is 0 Å². The maximum atomic E-state index is 12.1. The minimum absolute atomic E-state index is 0.104. The zero-order chi connectivity index (χ0) is 15.7. The Kier molecular flexibility index (Phi) is 3.23. The van der Waals surface area contributed by atoms with Gasteiger partial charge in [-0.3, -0.25) is 24.7 Å². The number of anilines is 1. The largest absolute Gasteiger partial charge is 0.321 e. The molecule has 2 heterocycles. The van der Waals surface area contributed by atoms with Gasteiger partial charge in [0.15, 0.2) is 5.78 Å². The highest BCUT2D eigenvalue weighted by Crippen LogP contribution is 2.34. The van der Waals surface area contributed by atoms with Gasteiger partial charge in [-0.15, -0.1) is 0 Å². The number of nitro benzene ring substituents is 1. The fourth-order valence-electron chi connectivity index (χ4n) is 2.16. The zero-order valence-corrected chi connectivity index (χ0v) is 11.1. The second-order valence-corrected chi connectivity index (χ2v) is 4.61. The van der Waals surface area contributed by atoms with E-state index in [1.807, 2.05) is 0 Å². The lowest BCUT2D eigenvalue weighted by Crippen LogP contribution is -2.06. The summed E-state index contributed by atoms with van der Waals surface area (Å²) in [6.45, 7) is 0. The third kappa shape index (κ3) is 2.35. The van der Waals surface area contributed by atoms with Crippen molar-refractivity contribution in [3.05, 3.63) is 70.0 Å². The van der Waals surface area contributed by atoms with E-state index < -0.39 is 16.6 Å². The van der Waals surface area contributed by atoms with Crippen molar-refractivity contribution in [1.29, 1.82) is 0 Å². The first-order valence-corrected chi connectivity index (χ1v) is 6.32. The summed E-state index contributed by atoms with van der Waals surface area (Å²) in [5.41, 5.74) is 1.08. The first-order valence-electron chi connectivity index (χ1n) is 6.32. The highest BCUT2D eigenvalue weighted by molar-refractivity contribution is 6.35. The fraction of sp³-hybridized carbons (Fsp3) is 0. The van der Waals surface area contributed by atoms with E-state index in [2.05, 4.69) is 10.3 Å². The SMILES string of the molecule is O=C1Nc2ccc([N+](=O)[O-])cc2/C1=C\C(=O)c1cccnc1. The van der Waals surface area contributed by atoms with Gasteiger partial charge < -0.3 is 5.32 Å². The van der Waals surface area contributed by atoms with Gasteiger partial charge >= 0.3 is 0 Å². The summed E-state index contributed by atoms with van der Waals surface area (Å²) >= 11 is 0. The van der Waals surface area contributed by atoms with Gasteiger partial charge in [0, 0.05) is 41.3 Å². The molecule has 2 aromatic rings. The van der Waals surface area contributed by atoms with Gasteiger partial charge in [-0.05, 0) is 24.3 Å². The Bertz CT molecular complexity index is 828. The fourth-order valence-corrected chi connectivity index (χ4v) is 2.16. The van der Waals surface area contributed by atoms with Crippen LogP contribution in [0.4, 0.5) is 11.4 Å². The van der Waals surface area contributed by atoms with E-state index in [0.717, 1.165) is 0 Å². The van der Waals surface area contributed by atoms with Crippen molar-refractivity contribution < 1.29 is 14.5 Å². The number of allylic oxidation sites excluding steroid dienone is 1. The van der Waals surface area contributed by atoms with Crippen LogP contribution in [0.1, 0.15) is 15.9 Å². The number of benzene rings is 1. The Morgan fingerprint density at radius 2 is 2.14 bits per heavy atom. The number of pyridine rings is 1. The molecule has 3 rings (SSSR count). The number of nitrogens with one attached hydrogen (secondary N) is 1. The van der Waals surface area contributed by atoms with Crippen LogP contribution in [-0.4, -0.2) is 21.6 Å². The molecule has 108 valence electrons. The molecule has 7 nitrogen and oxygen atoms in total. The summed E-state index contributed by atoms with van der Waals surface area (Å²) < 4.78 is 0. The summed E-state index contributed by atoms with van der Waals surface area (Å²) in [4.78, 5) is 38.2. The van der Waals surface area contributed by atoms with Gasteiger partial charge in [-0.2, -0.15) is 0 Å². The lowest BCUT2D eigenvalue weighted by Gasteiger charge is -1.99. The predicted molar refractivity (Wildman–Crippen MR) is 78.3 cm³/mol. The van der Waals surface area contributed by atoms with E-state index in [-0.39, 0.29) is 11.3 Å². The van der Waals surface area contributed by atoms with Crippen LogP contribution < -0.4 is 5.32 Å². The number of non-ortho nitro benzene ring substituents is 1. The summed E-state index contributed by atoms with van der Waals surface area (Å²) in [5, 5.41) is 13.4. The van der Waals surface area contributed by atoms with E-state index in [0.29, 0.717) is 16.8 Å². The summed E-state index contributed by atoms with van der Waals surface area (Å²) in [5.74, 6) is -0.856. The lowest BCUT2D eigenvalue weighted by molar-refractivity contribution is -0.384. The van der Waals surface area contributed by atoms with E-state index in [9.17, 15) is 19.7 Å². The number of nitrogens with zero attached hydrogens (tertiary/aromatic N) is 2. The molecule has 0 aliphatic carbocycles. The van der Waals surface area contributed by atoms with Gasteiger partial charge in [0.25, 0.3) is 11.6 Å². The zero-order valence-electron chi connectivity index (χ0n) is 11.1. The third-order valence-electron chi connectivity index (χ3n) is 3.22. The molecule has 0 fully saturated rings. The number of carbonyl (C=O) groups excluding carboxylic acids is 2. The van der Waals surface area contributed by atoms with Crippen molar-refractivity contribution in [1.82, 2.24) is 4.98 Å². The monoisotopic (exact) mass is 295 g/mol. The first kappa shape index (κ1) is 13.6. The number of fused-ring (bicyclic) bond motifs is 1. The van der Waals surface area contributed by atoms with Crippen LogP contribution in [0.15, 0.2) is 48.8 Å². The average molecular weight is 295 g/mol. The Labute approximate surface area is 124 Å². The van der Waals surface area contributed by atoms with E-state index >= 15 is 0 Å². The van der Waals surface area contributed by atoms with Gasteiger partial charge in [0.1, 0.15) is 0 Å². The molecule has 1 aromatic heterocycles. The summed E-state index contributed by atoms with van der Waals surface area (Å²) in [6, 6.07) is 7.20. The molecular weight excluding hydrogens is 286 g/mol. The third-order valence-corrected chi connectivity index (χ3v) is 3.22. The van der Waals surface area contributed by atoms with Crippen LogP contribution >= 0.6 is 0 Å². The van der Waals surface area contributed by atoms with Crippen LogP contribution in [0.5, 0.6) is 0 Å². The minimum Gasteiger partial charge on any atom is -0.321 e. The van der Waals surface area contributed by atoms with Crippen molar-refractivity contribution in [3.8, 4) is 0 Å². The molecule has 7 heteroatoms. The van der Waals surface area contributed by atoms with Crippen LogP contribution in [0, 0.1) is 10.1 Å². The summed E-state index contributed by atoms with van der Waals surface area (Å²) in [6.07, 6.45) is 4.09. The Morgan fingerprint density at radius 3 is 2.82 bits per heavy atom. The quantitative estimate of drug-likeness (QED) is 0.405. The summed E-state index contributed by atoms with van der Waals surface area (Å²) in [7, 11) is 0. The number of aromatic nitrogens is 1. The number of hydrogen-bond acceptors (Lipinski definition) is 5. The van der Waals surface area contributed by atoms with E-state index in [1.165, 1.54) is 36.7 Å². The normalized spacial score (nSPS) is 14.5. The first-order chi connectivity index (χ1) is 10.6. The smallest absolute Gasteiger partial charge is 0.270 e. The number of nitro groups is 1. The molecule has 1 N–H and O–H groups in total. The second-order valence-electron chi connectivity index (χ2n) is 4.61. The van der Waals surface area contributed by atoms with Crippen LogP contribution in [-0.2, 0) is 4.79 Å². The molecule has 1 amide bonds. The number of hydrogen-bond donors (Lipinski definition) is 1. The van der Waals surface area contributed by atoms with Crippen molar-refractivity contribution in [2.45, 2.75) is 0 Å². The van der Waals surface area contributed by atoms with E-state index in [4.69, 9.17) is 0 Å². The molecule has 0 saturated carbocycles. The Morgan fingerprint density at radius 1 is 1.32 bits per heavy atom. The minimum atomic E-state index is -0.552. The number of amides is 1. The molecule has 1 aromatic carbocycles. The highest BCUT2D eigenvalue weighted by atomic mass is 16.6. The molecule has 0 atom stereocenters. The van der Waals surface area contributed by atoms with Crippen molar-refractivity contribution in [2.24, 2.45) is 0 Å². The Balaban J connectivity index is 2.04. The highest BCUT2D eigenvalue weighted by Gasteiger charge is 2.27. The number of rotatable bonds is 3. The van der Waals surface area contributed by atoms with Crippen LogP contribution in [0.2, 0.25) is 0 Å². The van der Waals surface area contributed by atoms with Crippen molar-refractivity contribution in [3.63, 3.8) is 0 Å². The van der Waals surface area contributed by atoms with Gasteiger partial charge in [0.2, 0.25) is 0 Å². The molecule has 0 bridgehead atoms. The predicted octanol–water partition coefficient (Wildman–Crippen LogP) is 2.21. The molecule has 0 radical (unpaired) electrons. The Hall–Kier alpha value is -3.35. The molecule has 1 aliphatic rings. The average Bonchev–Trinajstić information content (AvgIpc) is 2.83. The topological polar surface area (TPSA) is 102 Å². The van der Waals surface area contributed by atoms with Gasteiger partial charge in [0.05, 0.1) is 10.5 Å². The number of ketones is 1. The van der Waals surface area contributed by atoms with Crippen LogP contribution in [0.3, 0.4) is 0 Å². The molecule has 0 saturated heterocycles. The second kappa shape index (κ2) is 5.21. The maximum absolute atomic E-state index is 12.1. The maximum Gasteiger partial charge on any atom is 0.270 e. The van der Waals surface area contributed by atoms with Crippen LogP contribution in [0.25, 0.3) is 5.57 Å². The molecule has 0 spiro atoms. The molecule has 0 unspecified atom stereocenters. The molecule has 1 aliphatic heterocycles. The lowest BCUT2D eigenvalue weighted by atomic mass is 10.0. The van der Waals surface area contributed by atoms with Crippen molar-refractivity contribution in [2.75, 3.05) is 5.32 Å². The van der Waals surface area contributed by atoms with E-state index in [1.54, 1.807) is 12.1 Å².